The van der Waals surface area contributed by atoms with Crippen LogP contribution in [0.25, 0.3) is 0 Å². The van der Waals surface area contributed by atoms with Crippen molar-refractivity contribution in [2.75, 3.05) is 31.1 Å². The molecule has 2 atom stereocenters. The minimum atomic E-state index is -0.623. The molecule has 0 amide bonds. The monoisotopic (exact) mass is 484 g/mol. The van der Waals surface area contributed by atoms with Crippen molar-refractivity contribution in [2.45, 2.75) is 57.5 Å². The van der Waals surface area contributed by atoms with Crippen molar-refractivity contribution in [3.8, 4) is 6.19 Å². The number of rotatable bonds is 5. The van der Waals surface area contributed by atoms with Crippen LogP contribution in [0.3, 0.4) is 0 Å². The maximum atomic E-state index is 12.1. The van der Waals surface area contributed by atoms with Gasteiger partial charge in [-0.2, -0.15) is 10.3 Å². The van der Waals surface area contributed by atoms with Crippen molar-refractivity contribution in [1.29, 1.82) is 5.26 Å². The lowest BCUT2D eigenvalue weighted by Crippen LogP contribution is -2.66. The number of nitrogens with zero attached hydrogens (tertiary/aromatic N) is 5. The Balaban J connectivity index is 1.29. The molecule has 8 nitrogen and oxygen atoms in total. The van der Waals surface area contributed by atoms with E-state index in [0.717, 1.165) is 64.1 Å². The molecule has 4 aliphatic carbocycles. The zero-order valence-electron chi connectivity index (χ0n) is 19.9. The van der Waals surface area contributed by atoms with Crippen molar-refractivity contribution in [3.63, 3.8) is 0 Å². The van der Waals surface area contributed by atoms with Crippen LogP contribution >= 0.6 is 11.6 Å². The molecule has 5 aliphatic rings. The fourth-order valence-electron chi connectivity index (χ4n) is 7.31. The number of carboxylic acids is 1. The molecule has 1 aromatic rings. The Hall–Kier alpha value is -2.37. The molecule has 2 heterocycles. The summed E-state index contributed by atoms with van der Waals surface area (Å²) in [7, 11) is 0. The normalized spacial score (nSPS) is 33.6. The molecule has 1 saturated heterocycles. The van der Waals surface area contributed by atoms with Gasteiger partial charge in [0.15, 0.2) is 0 Å². The number of nitriles is 1. The predicted molar refractivity (Wildman–Crippen MR) is 131 cm³/mol. The Morgan fingerprint density at radius 3 is 2.53 bits per heavy atom. The summed E-state index contributed by atoms with van der Waals surface area (Å²) in [6.07, 6.45) is 8.23. The van der Waals surface area contributed by atoms with Gasteiger partial charge in [0.05, 0.1) is 16.0 Å². The van der Waals surface area contributed by atoms with Gasteiger partial charge in [0.1, 0.15) is 11.7 Å². The van der Waals surface area contributed by atoms with E-state index in [9.17, 15) is 15.2 Å². The Labute approximate surface area is 206 Å². The highest BCUT2D eigenvalue weighted by Crippen LogP contribution is 2.60. The van der Waals surface area contributed by atoms with Crippen molar-refractivity contribution >= 4 is 29.2 Å². The molecule has 0 spiro atoms. The highest BCUT2D eigenvalue weighted by Gasteiger charge is 2.59. The Bertz CT molecular complexity index is 1010. The summed E-state index contributed by atoms with van der Waals surface area (Å²) in [6.45, 7) is 7.42. The van der Waals surface area contributed by atoms with Crippen molar-refractivity contribution < 1.29 is 9.90 Å². The highest BCUT2D eigenvalue weighted by molar-refractivity contribution is 6.32. The molecule has 0 radical (unpaired) electrons. The van der Waals surface area contributed by atoms with Crippen LogP contribution in [0.1, 0.15) is 46.0 Å². The SMILES string of the molecule is CC(C)(/C(=N/C#N)NC1C2CC3CC1CC(C(=O)O)(C3)C2)N1CCN(c2ncccc2Cl)CC1. The Kier molecular flexibility index (Phi) is 5.97. The van der Waals surface area contributed by atoms with Gasteiger partial charge in [0.25, 0.3) is 0 Å². The number of aliphatic carboxylic acids is 1. The van der Waals surface area contributed by atoms with Gasteiger partial charge in [-0.05, 0) is 75.8 Å². The van der Waals surface area contributed by atoms with E-state index in [0.29, 0.717) is 28.6 Å². The lowest BCUT2D eigenvalue weighted by Gasteiger charge is -2.59. The van der Waals surface area contributed by atoms with Crippen molar-refractivity contribution in [1.82, 2.24) is 15.2 Å². The maximum absolute atomic E-state index is 12.1. The first-order chi connectivity index (χ1) is 16.2. The van der Waals surface area contributed by atoms with Crippen LogP contribution in [-0.4, -0.2) is 64.6 Å². The number of carboxylic acid groups (broad SMARTS) is 1. The van der Waals surface area contributed by atoms with E-state index < -0.39 is 16.9 Å². The van der Waals surface area contributed by atoms with Gasteiger partial charge in [0.2, 0.25) is 6.19 Å². The number of hydrogen-bond acceptors (Lipinski definition) is 6. The minimum Gasteiger partial charge on any atom is -0.481 e. The van der Waals surface area contributed by atoms with Crippen LogP contribution in [0.4, 0.5) is 5.82 Å². The molecule has 9 heteroatoms. The number of piperazine rings is 1. The molecule has 34 heavy (non-hydrogen) atoms. The third kappa shape index (κ3) is 3.93. The summed E-state index contributed by atoms with van der Waals surface area (Å²) in [6, 6.07) is 3.88. The predicted octanol–water partition coefficient (Wildman–Crippen LogP) is 3.38. The molecule has 4 bridgehead atoms. The van der Waals surface area contributed by atoms with Crippen LogP contribution < -0.4 is 10.2 Å². The van der Waals surface area contributed by atoms with Crippen molar-refractivity contribution in [3.05, 3.63) is 23.4 Å². The van der Waals surface area contributed by atoms with Gasteiger partial charge >= 0.3 is 5.97 Å². The first kappa shape index (κ1) is 23.4. The second-order valence-electron chi connectivity index (χ2n) is 11.1. The van der Waals surface area contributed by atoms with Gasteiger partial charge in [-0.1, -0.05) is 11.6 Å². The zero-order chi connectivity index (χ0) is 24.1. The fourth-order valence-corrected chi connectivity index (χ4v) is 7.55. The van der Waals surface area contributed by atoms with Crippen LogP contribution in [0.2, 0.25) is 5.02 Å². The summed E-state index contributed by atoms with van der Waals surface area (Å²) in [5.74, 6) is 2.05. The van der Waals surface area contributed by atoms with Crippen LogP contribution in [0.5, 0.6) is 0 Å². The van der Waals surface area contributed by atoms with Gasteiger partial charge in [-0.15, -0.1) is 0 Å². The summed E-state index contributed by atoms with van der Waals surface area (Å²) < 4.78 is 0. The molecule has 2 N–H and O–H groups in total. The third-order valence-corrected chi connectivity index (χ3v) is 9.18. The molecular weight excluding hydrogens is 452 g/mol. The third-order valence-electron chi connectivity index (χ3n) is 8.88. The van der Waals surface area contributed by atoms with E-state index in [1.165, 1.54) is 0 Å². The van der Waals surface area contributed by atoms with E-state index in [-0.39, 0.29) is 6.04 Å². The smallest absolute Gasteiger partial charge is 0.309 e. The number of anilines is 1. The summed E-state index contributed by atoms with van der Waals surface area (Å²) >= 11 is 6.35. The lowest BCUT2D eigenvalue weighted by atomic mass is 9.48. The number of pyridine rings is 1. The van der Waals surface area contributed by atoms with Crippen LogP contribution in [0, 0.1) is 34.6 Å². The van der Waals surface area contributed by atoms with E-state index in [4.69, 9.17) is 11.6 Å². The molecule has 2 unspecified atom stereocenters. The number of aliphatic imine (C=N–C) groups is 1. The molecule has 4 saturated carbocycles. The van der Waals surface area contributed by atoms with E-state index in [1.807, 2.05) is 18.3 Å². The van der Waals surface area contributed by atoms with Gasteiger partial charge in [0, 0.05) is 38.4 Å². The minimum absolute atomic E-state index is 0.184. The summed E-state index contributed by atoms with van der Waals surface area (Å²) in [4.78, 5) is 25.4. The van der Waals surface area contributed by atoms with Crippen LogP contribution in [-0.2, 0) is 4.79 Å². The molecular formula is C25H33ClN6O2. The first-order valence-electron chi connectivity index (χ1n) is 12.3. The topological polar surface area (TPSA) is 105 Å². The molecule has 1 aliphatic heterocycles. The maximum Gasteiger partial charge on any atom is 0.309 e. The quantitative estimate of drug-likeness (QED) is 0.375. The van der Waals surface area contributed by atoms with E-state index in [1.54, 1.807) is 6.20 Å². The van der Waals surface area contributed by atoms with Crippen LogP contribution in [0.15, 0.2) is 23.3 Å². The van der Waals surface area contributed by atoms with Crippen molar-refractivity contribution in [2.24, 2.45) is 28.2 Å². The molecule has 182 valence electrons. The summed E-state index contributed by atoms with van der Waals surface area (Å²) in [5.41, 5.74) is -0.991. The zero-order valence-corrected chi connectivity index (χ0v) is 20.6. The number of nitrogens with one attached hydrogen (secondary N) is 1. The molecule has 5 fully saturated rings. The number of halogens is 1. The molecule has 1 aromatic heterocycles. The standard InChI is InChI=1S/C25H33ClN6O2/c1-24(2,32-8-6-31(7-9-32)21-19(26)4-3-5-28-21)22(29-15-27)30-20-17-10-16-11-18(20)14-25(12-16,13-17)23(33)34/h3-5,16-18,20H,6-14H2,1-2H3,(H,29,30)(H,33,34). The number of aromatic nitrogens is 1. The van der Waals surface area contributed by atoms with E-state index in [2.05, 4.69) is 38.9 Å². The summed E-state index contributed by atoms with van der Waals surface area (Å²) in [5, 5.41) is 23.8. The number of amidine groups is 1. The Morgan fingerprint density at radius 1 is 1.26 bits per heavy atom. The van der Waals surface area contributed by atoms with Gasteiger partial charge in [-0.3, -0.25) is 9.69 Å². The number of hydrogen-bond donors (Lipinski definition) is 2. The van der Waals surface area contributed by atoms with Gasteiger partial charge < -0.3 is 15.3 Å². The van der Waals surface area contributed by atoms with E-state index >= 15 is 0 Å². The fraction of sp³-hybridized carbons (Fsp3) is 0.680. The molecule has 0 aromatic carbocycles. The van der Waals surface area contributed by atoms with Gasteiger partial charge in [-0.25, -0.2) is 4.98 Å². The Morgan fingerprint density at radius 2 is 1.94 bits per heavy atom. The lowest BCUT2D eigenvalue weighted by molar-refractivity contribution is -0.166. The average molecular weight is 485 g/mol. The second kappa shape index (κ2) is 8.69. The average Bonchev–Trinajstić information content (AvgIpc) is 2.80. The number of carbonyl (C=O) groups is 1. The second-order valence-corrected chi connectivity index (χ2v) is 11.5. The first-order valence-corrected chi connectivity index (χ1v) is 12.7. The highest BCUT2D eigenvalue weighted by atomic mass is 35.5. The molecule has 6 rings (SSSR count). The largest absolute Gasteiger partial charge is 0.481 e.